The quantitative estimate of drug-likeness (QED) is 0.424. The second-order valence-corrected chi connectivity index (χ2v) is 7.07. The average molecular weight is 392 g/mol. The molecule has 6 heteroatoms. The van der Waals surface area contributed by atoms with Crippen molar-refractivity contribution in [3.05, 3.63) is 90.2 Å². The van der Waals surface area contributed by atoms with Gasteiger partial charge >= 0.3 is 0 Å². The number of aromatic nitrogens is 2. The van der Waals surface area contributed by atoms with Gasteiger partial charge in [0.25, 0.3) is 5.91 Å². The molecular weight excluding hydrogens is 375 g/mol. The Kier molecular flexibility index (Phi) is 5.39. The van der Waals surface area contributed by atoms with Crippen LogP contribution in [0, 0.1) is 5.82 Å². The molecule has 4 rings (SSSR count). The van der Waals surface area contributed by atoms with Crippen LogP contribution in [0.15, 0.2) is 84.0 Å². The van der Waals surface area contributed by atoms with Crippen molar-refractivity contribution in [2.45, 2.75) is 10.9 Å². The summed E-state index contributed by atoms with van der Waals surface area (Å²) in [6.07, 6.45) is 0. The number of imidazole rings is 1. The van der Waals surface area contributed by atoms with Gasteiger partial charge in [0.15, 0.2) is 11.8 Å². The summed E-state index contributed by atoms with van der Waals surface area (Å²) in [5.74, 6) is 0.570. The molecule has 28 heavy (non-hydrogen) atoms. The molecule has 3 aromatic carbocycles. The van der Waals surface area contributed by atoms with Gasteiger partial charge in [-0.1, -0.05) is 54.2 Å². The van der Waals surface area contributed by atoms with E-state index in [9.17, 15) is 9.18 Å². The summed E-state index contributed by atoms with van der Waals surface area (Å²) in [6.45, 7) is -0.162. The molecule has 140 valence electrons. The fraction of sp³-hybridized carbons (Fsp3) is 0.0909. The topological polar surface area (TPSA) is 44.1 Å². The predicted octanol–water partition coefficient (Wildman–Crippen LogP) is 5.19. The lowest BCUT2D eigenvalue weighted by atomic mass is 10.2. The van der Waals surface area contributed by atoms with Crippen LogP contribution in [0.25, 0.3) is 11.0 Å². The fourth-order valence-electron chi connectivity index (χ4n) is 2.80. The summed E-state index contributed by atoms with van der Waals surface area (Å²) in [6, 6.07) is 23.1. The van der Waals surface area contributed by atoms with Crippen LogP contribution in [-0.2, 0) is 5.75 Å². The summed E-state index contributed by atoms with van der Waals surface area (Å²) in [5.41, 5.74) is 2.65. The van der Waals surface area contributed by atoms with Crippen LogP contribution < -0.4 is 4.74 Å². The molecule has 0 fully saturated rings. The molecule has 0 atom stereocenters. The van der Waals surface area contributed by atoms with Gasteiger partial charge in [-0.25, -0.2) is 9.37 Å². The summed E-state index contributed by atoms with van der Waals surface area (Å²) < 4.78 is 20.2. The van der Waals surface area contributed by atoms with E-state index in [1.165, 1.54) is 36.0 Å². The second-order valence-electron chi connectivity index (χ2n) is 6.13. The summed E-state index contributed by atoms with van der Waals surface area (Å²) in [4.78, 5) is 17.5. The van der Waals surface area contributed by atoms with Crippen LogP contribution in [0.2, 0.25) is 0 Å². The Morgan fingerprint density at radius 3 is 2.46 bits per heavy atom. The number of benzene rings is 3. The third-order valence-electron chi connectivity index (χ3n) is 4.17. The number of nitrogens with zero attached hydrogens (tertiary/aromatic N) is 2. The number of rotatable bonds is 6. The Bertz CT molecular complexity index is 1090. The fourth-order valence-corrected chi connectivity index (χ4v) is 3.78. The molecule has 4 nitrogen and oxygen atoms in total. The number of carbonyl (C=O) groups is 1. The van der Waals surface area contributed by atoms with E-state index in [4.69, 9.17) is 4.74 Å². The number of thioether (sulfide) groups is 1. The van der Waals surface area contributed by atoms with Crippen molar-refractivity contribution in [1.82, 2.24) is 9.55 Å². The van der Waals surface area contributed by atoms with Crippen LogP contribution in [-0.4, -0.2) is 22.1 Å². The van der Waals surface area contributed by atoms with Crippen LogP contribution in [0.1, 0.15) is 10.4 Å². The Morgan fingerprint density at radius 2 is 1.68 bits per heavy atom. The zero-order valence-electron chi connectivity index (χ0n) is 14.9. The molecule has 0 saturated heterocycles. The highest BCUT2D eigenvalue weighted by Crippen LogP contribution is 2.27. The minimum atomic E-state index is -0.348. The molecule has 0 spiro atoms. The molecule has 0 aliphatic rings. The maximum atomic E-state index is 13.0. The molecule has 1 aromatic heterocycles. The highest BCUT2D eigenvalue weighted by atomic mass is 32.2. The monoisotopic (exact) mass is 392 g/mol. The van der Waals surface area contributed by atoms with Gasteiger partial charge in [0, 0.05) is 5.75 Å². The van der Waals surface area contributed by atoms with Gasteiger partial charge in [0.2, 0.25) is 0 Å². The third-order valence-corrected chi connectivity index (χ3v) is 5.18. The standard InChI is InChI=1S/C22H17FN2O2S/c23-17-10-12-18(13-11-17)27-14-21(26)25-20-9-5-4-8-19(20)24-22(25)28-15-16-6-2-1-3-7-16/h1-13H,14-15H2. The van der Waals surface area contributed by atoms with Gasteiger partial charge in [-0.3, -0.25) is 9.36 Å². The molecule has 1 heterocycles. The van der Waals surface area contributed by atoms with E-state index in [0.29, 0.717) is 16.7 Å². The van der Waals surface area contributed by atoms with Gasteiger partial charge < -0.3 is 4.74 Å². The van der Waals surface area contributed by atoms with Crippen molar-refractivity contribution in [3.63, 3.8) is 0 Å². The van der Waals surface area contributed by atoms with E-state index >= 15 is 0 Å². The molecule has 0 unspecified atom stereocenters. The highest BCUT2D eigenvalue weighted by molar-refractivity contribution is 7.98. The van der Waals surface area contributed by atoms with Crippen LogP contribution in [0.3, 0.4) is 0 Å². The molecule has 0 aliphatic heterocycles. The third kappa shape index (κ3) is 4.07. The predicted molar refractivity (Wildman–Crippen MR) is 108 cm³/mol. The average Bonchev–Trinajstić information content (AvgIpc) is 3.11. The lowest BCUT2D eigenvalue weighted by Crippen LogP contribution is -2.20. The highest BCUT2D eigenvalue weighted by Gasteiger charge is 2.18. The zero-order valence-corrected chi connectivity index (χ0v) is 15.7. The zero-order chi connectivity index (χ0) is 19.3. The second kappa shape index (κ2) is 8.27. The van der Waals surface area contributed by atoms with Crippen molar-refractivity contribution in [3.8, 4) is 5.75 Å². The van der Waals surface area contributed by atoms with E-state index in [0.717, 1.165) is 16.6 Å². The number of fused-ring (bicyclic) bond motifs is 1. The summed E-state index contributed by atoms with van der Waals surface area (Å²) in [7, 11) is 0. The van der Waals surface area contributed by atoms with Crippen LogP contribution in [0.5, 0.6) is 5.75 Å². The minimum Gasteiger partial charge on any atom is -0.484 e. The van der Waals surface area contributed by atoms with E-state index < -0.39 is 0 Å². The number of halogens is 1. The van der Waals surface area contributed by atoms with E-state index in [1.807, 2.05) is 54.6 Å². The van der Waals surface area contributed by atoms with Crippen LogP contribution in [0.4, 0.5) is 4.39 Å². The number of ether oxygens (including phenoxy) is 1. The molecular formula is C22H17FN2O2S. The first-order valence-electron chi connectivity index (χ1n) is 8.76. The molecule has 0 aliphatic carbocycles. The minimum absolute atomic E-state index is 0.162. The number of para-hydroxylation sites is 2. The molecule has 0 bridgehead atoms. The van der Waals surface area contributed by atoms with Crippen molar-refractivity contribution in [1.29, 1.82) is 0 Å². The molecule has 0 N–H and O–H groups in total. The Hall–Kier alpha value is -3.12. The Labute approximate surface area is 166 Å². The number of carbonyl (C=O) groups excluding carboxylic acids is 1. The normalized spacial score (nSPS) is 10.9. The SMILES string of the molecule is O=C(COc1ccc(F)cc1)n1c(SCc2ccccc2)nc2ccccc21. The van der Waals surface area contributed by atoms with E-state index in [2.05, 4.69) is 4.98 Å². The molecule has 0 amide bonds. The molecule has 0 saturated carbocycles. The lowest BCUT2D eigenvalue weighted by molar-refractivity contribution is 0.0832. The van der Waals surface area contributed by atoms with E-state index in [-0.39, 0.29) is 18.3 Å². The summed E-state index contributed by atoms with van der Waals surface area (Å²) >= 11 is 1.50. The smallest absolute Gasteiger partial charge is 0.271 e. The Morgan fingerprint density at radius 1 is 0.964 bits per heavy atom. The first kappa shape index (κ1) is 18.3. The lowest BCUT2D eigenvalue weighted by Gasteiger charge is -2.09. The van der Waals surface area contributed by atoms with Crippen molar-refractivity contribution < 1.29 is 13.9 Å². The van der Waals surface area contributed by atoms with E-state index in [1.54, 1.807) is 4.57 Å². The van der Waals surface area contributed by atoms with Crippen molar-refractivity contribution >= 4 is 28.7 Å². The number of hydrogen-bond donors (Lipinski definition) is 0. The maximum Gasteiger partial charge on any atom is 0.271 e. The summed E-state index contributed by atoms with van der Waals surface area (Å²) in [5, 5.41) is 0.623. The molecule has 0 radical (unpaired) electrons. The van der Waals surface area contributed by atoms with Crippen molar-refractivity contribution in [2.75, 3.05) is 6.61 Å². The van der Waals surface area contributed by atoms with Gasteiger partial charge in [-0.2, -0.15) is 0 Å². The van der Waals surface area contributed by atoms with Gasteiger partial charge in [0.1, 0.15) is 11.6 Å². The first-order valence-corrected chi connectivity index (χ1v) is 9.75. The van der Waals surface area contributed by atoms with Gasteiger partial charge in [-0.15, -0.1) is 0 Å². The van der Waals surface area contributed by atoms with Gasteiger partial charge in [-0.05, 0) is 42.0 Å². The van der Waals surface area contributed by atoms with Crippen LogP contribution >= 0.6 is 11.8 Å². The number of hydrogen-bond acceptors (Lipinski definition) is 4. The first-order chi connectivity index (χ1) is 13.7. The van der Waals surface area contributed by atoms with Gasteiger partial charge in [0.05, 0.1) is 11.0 Å². The maximum absolute atomic E-state index is 13.0. The van der Waals surface area contributed by atoms with Crippen molar-refractivity contribution in [2.24, 2.45) is 0 Å². The Balaban J connectivity index is 1.57. The molecule has 4 aromatic rings. The largest absolute Gasteiger partial charge is 0.484 e.